The Kier molecular flexibility index (Phi) is 7.24. The summed E-state index contributed by atoms with van der Waals surface area (Å²) in [5, 5.41) is 3.39. The molecule has 1 N–H and O–H groups in total. The van der Waals surface area contributed by atoms with Crippen molar-refractivity contribution < 1.29 is 19.1 Å². The van der Waals surface area contributed by atoms with Crippen molar-refractivity contribution in [2.45, 2.75) is 18.8 Å². The number of nitrogens with one attached hydrogen (secondary N) is 1. The van der Waals surface area contributed by atoms with Crippen LogP contribution in [0.4, 0.5) is 5.69 Å². The van der Waals surface area contributed by atoms with E-state index in [1.54, 1.807) is 49.0 Å². The minimum atomic E-state index is -0.454. The molecule has 6 nitrogen and oxygen atoms in total. The Hall–Kier alpha value is -3.29. The smallest absolute Gasteiger partial charge is 0.338 e. The van der Waals surface area contributed by atoms with E-state index in [1.807, 2.05) is 41.3 Å². The van der Waals surface area contributed by atoms with Gasteiger partial charge in [-0.05, 0) is 60.0 Å². The van der Waals surface area contributed by atoms with Crippen LogP contribution < -0.4 is 5.32 Å². The van der Waals surface area contributed by atoms with E-state index in [0.29, 0.717) is 39.7 Å². The topological polar surface area (TPSA) is 75.7 Å². The van der Waals surface area contributed by atoms with E-state index >= 15 is 0 Å². The van der Waals surface area contributed by atoms with Gasteiger partial charge in [-0.25, -0.2) is 4.79 Å². The SMILES string of the molecule is COC(=O)c1cccc(NC(=O)c2ccc([C@@H]3SCC(=O)N3Cc3ccc(Cl)cc3)cc2)c1C. The maximum atomic E-state index is 12.8. The molecule has 1 aliphatic heterocycles. The van der Waals surface area contributed by atoms with Crippen molar-refractivity contribution in [1.82, 2.24) is 4.90 Å². The molecule has 3 aromatic carbocycles. The second-order valence-electron chi connectivity index (χ2n) is 7.86. The van der Waals surface area contributed by atoms with Gasteiger partial charge in [0.2, 0.25) is 5.91 Å². The summed E-state index contributed by atoms with van der Waals surface area (Å²) >= 11 is 7.54. The molecular weight excluding hydrogens is 472 g/mol. The van der Waals surface area contributed by atoms with Crippen molar-refractivity contribution in [2.24, 2.45) is 0 Å². The molecular formula is C26H23ClN2O4S. The van der Waals surface area contributed by atoms with Gasteiger partial charge in [0.15, 0.2) is 0 Å². The summed E-state index contributed by atoms with van der Waals surface area (Å²) in [6, 6.07) is 19.8. The lowest BCUT2D eigenvalue weighted by Gasteiger charge is -2.24. The summed E-state index contributed by atoms with van der Waals surface area (Å²) in [5.41, 5.74) is 4.02. The number of rotatable bonds is 6. The number of esters is 1. The molecule has 1 saturated heterocycles. The third-order valence-corrected chi connectivity index (χ3v) is 7.19. The summed E-state index contributed by atoms with van der Waals surface area (Å²) in [4.78, 5) is 39.1. The van der Waals surface area contributed by atoms with E-state index in [2.05, 4.69) is 5.32 Å². The van der Waals surface area contributed by atoms with Gasteiger partial charge in [0.1, 0.15) is 5.37 Å². The van der Waals surface area contributed by atoms with Gasteiger partial charge in [0.25, 0.3) is 5.91 Å². The molecule has 174 valence electrons. The highest BCUT2D eigenvalue weighted by Crippen LogP contribution is 2.39. The molecule has 34 heavy (non-hydrogen) atoms. The van der Waals surface area contributed by atoms with E-state index in [4.69, 9.17) is 16.3 Å². The summed E-state index contributed by atoms with van der Waals surface area (Å²) in [5.74, 6) is -0.252. The molecule has 2 amide bonds. The van der Waals surface area contributed by atoms with Gasteiger partial charge in [-0.3, -0.25) is 9.59 Å². The number of carbonyl (C=O) groups excluding carboxylic acids is 3. The van der Waals surface area contributed by atoms with Crippen LogP contribution in [0.3, 0.4) is 0 Å². The quantitative estimate of drug-likeness (QED) is 0.460. The number of halogens is 1. The van der Waals surface area contributed by atoms with Gasteiger partial charge in [-0.2, -0.15) is 0 Å². The predicted molar refractivity (Wildman–Crippen MR) is 134 cm³/mol. The minimum absolute atomic E-state index is 0.0766. The number of nitrogens with zero attached hydrogens (tertiary/aromatic N) is 1. The Labute approximate surface area is 207 Å². The second-order valence-corrected chi connectivity index (χ2v) is 9.36. The molecule has 1 fully saturated rings. The number of anilines is 1. The number of benzene rings is 3. The molecule has 8 heteroatoms. The molecule has 0 bridgehead atoms. The molecule has 0 aromatic heterocycles. The Morgan fingerprint density at radius 2 is 1.79 bits per heavy atom. The highest BCUT2D eigenvalue weighted by Gasteiger charge is 2.32. The highest BCUT2D eigenvalue weighted by molar-refractivity contribution is 8.00. The third-order valence-electron chi connectivity index (χ3n) is 5.68. The van der Waals surface area contributed by atoms with Gasteiger partial charge in [-0.1, -0.05) is 41.9 Å². The number of ether oxygens (including phenoxy) is 1. The molecule has 1 atom stereocenters. The summed E-state index contributed by atoms with van der Waals surface area (Å²) in [7, 11) is 1.32. The summed E-state index contributed by atoms with van der Waals surface area (Å²) < 4.78 is 4.80. The van der Waals surface area contributed by atoms with Crippen LogP contribution in [0.25, 0.3) is 0 Å². The largest absolute Gasteiger partial charge is 0.465 e. The van der Waals surface area contributed by atoms with Gasteiger partial charge < -0.3 is 15.0 Å². The fraction of sp³-hybridized carbons (Fsp3) is 0.192. The van der Waals surface area contributed by atoms with Gasteiger partial charge >= 0.3 is 5.97 Å². The Morgan fingerprint density at radius 3 is 2.47 bits per heavy atom. The Morgan fingerprint density at radius 1 is 1.09 bits per heavy atom. The number of methoxy groups -OCH3 is 1. The van der Waals surface area contributed by atoms with E-state index in [0.717, 1.165) is 11.1 Å². The number of hydrogen-bond donors (Lipinski definition) is 1. The number of thioether (sulfide) groups is 1. The maximum Gasteiger partial charge on any atom is 0.338 e. The lowest BCUT2D eigenvalue weighted by Crippen LogP contribution is -2.27. The van der Waals surface area contributed by atoms with Gasteiger partial charge in [-0.15, -0.1) is 11.8 Å². The van der Waals surface area contributed by atoms with Crippen molar-refractivity contribution in [2.75, 3.05) is 18.2 Å². The number of hydrogen-bond acceptors (Lipinski definition) is 5. The summed E-state index contributed by atoms with van der Waals surface area (Å²) in [6.45, 7) is 2.25. The van der Waals surface area contributed by atoms with Crippen molar-refractivity contribution in [3.05, 3.63) is 99.6 Å². The molecule has 0 aliphatic carbocycles. The highest BCUT2D eigenvalue weighted by atomic mass is 35.5. The first-order valence-electron chi connectivity index (χ1n) is 10.6. The summed E-state index contributed by atoms with van der Waals surface area (Å²) in [6.07, 6.45) is 0. The first kappa shape index (κ1) is 23.9. The zero-order valence-electron chi connectivity index (χ0n) is 18.7. The molecule has 1 heterocycles. The first-order chi connectivity index (χ1) is 16.4. The lowest BCUT2D eigenvalue weighted by atomic mass is 10.1. The second kappa shape index (κ2) is 10.3. The van der Waals surface area contributed by atoms with E-state index < -0.39 is 5.97 Å². The molecule has 0 unspecified atom stereocenters. The predicted octanol–water partition coefficient (Wildman–Crippen LogP) is 5.46. The lowest BCUT2D eigenvalue weighted by molar-refractivity contribution is -0.128. The normalized spacial score (nSPS) is 15.3. The van der Waals surface area contributed by atoms with Gasteiger partial charge in [0, 0.05) is 22.8 Å². The number of amides is 2. The van der Waals surface area contributed by atoms with Crippen LogP contribution in [0.15, 0.2) is 66.7 Å². The molecule has 4 rings (SSSR count). The molecule has 3 aromatic rings. The van der Waals surface area contributed by atoms with Crippen molar-refractivity contribution in [3.8, 4) is 0 Å². The van der Waals surface area contributed by atoms with Crippen LogP contribution in [-0.4, -0.2) is 35.5 Å². The van der Waals surface area contributed by atoms with E-state index in [-0.39, 0.29) is 17.2 Å². The monoisotopic (exact) mass is 494 g/mol. The average Bonchev–Trinajstić information content (AvgIpc) is 3.21. The van der Waals surface area contributed by atoms with Crippen LogP contribution in [0.2, 0.25) is 5.02 Å². The van der Waals surface area contributed by atoms with Crippen LogP contribution >= 0.6 is 23.4 Å². The Balaban J connectivity index is 1.48. The average molecular weight is 495 g/mol. The van der Waals surface area contributed by atoms with Crippen LogP contribution in [0.1, 0.15) is 42.8 Å². The van der Waals surface area contributed by atoms with E-state index in [9.17, 15) is 14.4 Å². The van der Waals surface area contributed by atoms with Crippen molar-refractivity contribution in [3.63, 3.8) is 0 Å². The van der Waals surface area contributed by atoms with E-state index in [1.165, 1.54) is 7.11 Å². The standard InChI is InChI=1S/C26H23ClN2O4S/c1-16-21(26(32)33-2)4-3-5-22(16)28-24(31)18-8-10-19(11-9-18)25-29(23(30)15-34-25)14-17-6-12-20(27)13-7-17/h3-13,25H,14-15H2,1-2H3,(H,28,31)/t25-/m0/s1. The van der Waals surface area contributed by atoms with Gasteiger partial charge in [0.05, 0.1) is 18.4 Å². The fourth-order valence-corrected chi connectivity index (χ4v) is 5.10. The first-order valence-corrected chi connectivity index (χ1v) is 12.0. The number of carbonyl (C=O) groups is 3. The molecule has 0 spiro atoms. The van der Waals surface area contributed by atoms with Crippen molar-refractivity contribution in [1.29, 1.82) is 0 Å². The zero-order valence-corrected chi connectivity index (χ0v) is 20.3. The van der Waals surface area contributed by atoms with Crippen LogP contribution in [0.5, 0.6) is 0 Å². The Bertz CT molecular complexity index is 1230. The van der Waals surface area contributed by atoms with Crippen LogP contribution in [-0.2, 0) is 16.1 Å². The van der Waals surface area contributed by atoms with Crippen LogP contribution in [0, 0.1) is 6.92 Å². The van der Waals surface area contributed by atoms with Crippen molar-refractivity contribution >= 4 is 46.8 Å². The fourth-order valence-electron chi connectivity index (χ4n) is 3.78. The minimum Gasteiger partial charge on any atom is -0.465 e. The third kappa shape index (κ3) is 5.11. The molecule has 0 radical (unpaired) electrons. The zero-order chi connectivity index (χ0) is 24.2. The molecule has 0 saturated carbocycles. The molecule has 1 aliphatic rings. The maximum absolute atomic E-state index is 12.8.